The lowest BCUT2D eigenvalue weighted by atomic mass is 10.00. The molecule has 1 unspecified atom stereocenters. The normalized spacial score (nSPS) is 22.1. The lowest BCUT2D eigenvalue weighted by Crippen LogP contribution is -2.56. The number of sulfonamides is 1. The molecule has 3 aromatic rings. The van der Waals surface area contributed by atoms with E-state index in [9.17, 15) is 8.42 Å². The smallest absolute Gasteiger partial charge is 0.213 e. The molecule has 7 nitrogen and oxygen atoms in total. The van der Waals surface area contributed by atoms with Crippen LogP contribution in [-0.4, -0.2) is 45.3 Å². The van der Waals surface area contributed by atoms with Crippen molar-refractivity contribution in [2.45, 2.75) is 57.7 Å². The van der Waals surface area contributed by atoms with Gasteiger partial charge in [0.1, 0.15) is 18.4 Å². The maximum Gasteiger partial charge on any atom is 0.213 e. The van der Waals surface area contributed by atoms with Crippen LogP contribution in [0.3, 0.4) is 0 Å². The van der Waals surface area contributed by atoms with Crippen molar-refractivity contribution in [3.63, 3.8) is 0 Å². The lowest BCUT2D eigenvalue weighted by Gasteiger charge is -2.41. The van der Waals surface area contributed by atoms with Gasteiger partial charge in [-0.3, -0.25) is 0 Å². The molecule has 1 N–H and O–H groups in total. The van der Waals surface area contributed by atoms with Crippen LogP contribution in [0, 0.1) is 0 Å². The van der Waals surface area contributed by atoms with E-state index in [-0.39, 0.29) is 12.4 Å². The second-order valence-corrected chi connectivity index (χ2v) is 11.1. The first kappa shape index (κ1) is 27.4. The molecule has 0 saturated carbocycles. The molecule has 1 heterocycles. The monoisotopic (exact) mass is 525 g/mol. The second kappa shape index (κ2) is 13.8. The highest BCUT2D eigenvalue weighted by molar-refractivity contribution is 7.89. The minimum absolute atomic E-state index is 0.0362. The summed E-state index contributed by atoms with van der Waals surface area (Å²) in [5, 5.41) is 0. The van der Waals surface area contributed by atoms with E-state index in [0.717, 1.165) is 16.7 Å². The highest BCUT2D eigenvalue weighted by Gasteiger charge is 2.41. The topological polar surface area (TPSA) is 83.1 Å². The van der Waals surface area contributed by atoms with Crippen LogP contribution in [0.4, 0.5) is 0 Å². The van der Waals surface area contributed by atoms with Crippen molar-refractivity contribution in [1.29, 1.82) is 0 Å². The predicted molar refractivity (Wildman–Crippen MR) is 142 cm³/mol. The third kappa shape index (κ3) is 8.74. The Morgan fingerprint density at radius 1 is 0.784 bits per heavy atom. The van der Waals surface area contributed by atoms with Crippen LogP contribution in [0.25, 0.3) is 0 Å². The summed E-state index contributed by atoms with van der Waals surface area (Å²) < 4.78 is 52.4. The van der Waals surface area contributed by atoms with Crippen LogP contribution in [0.1, 0.15) is 30.0 Å². The number of ether oxygens (including phenoxy) is 4. The fraction of sp³-hybridized carbons (Fsp3) is 0.379. The Hall–Kier alpha value is -2.59. The zero-order chi connectivity index (χ0) is 25.9. The molecule has 0 bridgehead atoms. The molecule has 37 heavy (non-hydrogen) atoms. The van der Waals surface area contributed by atoms with Crippen molar-refractivity contribution in [2.75, 3.05) is 12.4 Å². The number of rotatable bonds is 13. The Bertz CT molecular complexity index is 1160. The third-order valence-corrected chi connectivity index (χ3v) is 7.58. The highest BCUT2D eigenvalue weighted by atomic mass is 32.2. The Labute approximate surface area is 219 Å². The van der Waals surface area contributed by atoms with Crippen molar-refractivity contribution < 1.29 is 27.4 Å². The fourth-order valence-electron chi connectivity index (χ4n) is 4.21. The fourth-order valence-corrected chi connectivity index (χ4v) is 4.93. The molecule has 198 valence electrons. The zero-order valence-corrected chi connectivity index (χ0v) is 21.9. The van der Waals surface area contributed by atoms with E-state index in [2.05, 4.69) is 4.72 Å². The molecule has 3 aromatic carbocycles. The van der Waals surface area contributed by atoms with E-state index in [4.69, 9.17) is 18.9 Å². The second-order valence-electron chi connectivity index (χ2n) is 9.02. The Balaban J connectivity index is 1.51. The van der Waals surface area contributed by atoms with Gasteiger partial charge in [0.05, 0.1) is 38.3 Å². The quantitative estimate of drug-likeness (QED) is 0.356. The molecule has 0 aromatic heterocycles. The van der Waals surface area contributed by atoms with Gasteiger partial charge in [0, 0.05) is 6.42 Å². The van der Waals surface area contributed by atoms with Crippen LogP contribution in [-0.2, 0) is 48.8 Å². The predicted octanol–water partition coefficient (Wildman–Crippen LogP) is 4.43. The van der Waals surface area contributed by atoms with E-state index in [1.807, 2.05) is 91.0 Å². The standard InChI is InChI=1S/C29H35NO6S/c1-2-37(31,32)30-28-18-26(34-20-24-14-8-4-9-15-24)29(35-21-25-16-10-5-11-17-25)27(36-28)22-33-19-23-12-6-3-7-13-23/h3-17,26-30H,2,18-22H2,1H3/t26-,27?,28-,29-/m1/s1. The molecule has 4 atom stereocenters. The van der Waals surface area contributed by atoms with Gasteiger partial charge in [0.15, 0.2) is 0 Å². The largest absolute Gasteiger partial charge is 0.374 e. The number of benzene rings is 3. The van der Waals surface area contributed by atoms with Crippen LogP contribution < -0.4 is 4.72 Å². The first-order valence-corrected chi connectivity index (χ1v) is 14.3. The van der Waals surface area contributed by atoms with Gasteiger partial charge < -0.3 is 18.9 Å². The number of hydrogen-bond donors (Lipinski definition) is 1. The summed E-state index contributed by atoms with van der Waals surface area (Å²) in [4.78, 5) is 0. The van der Waals surface area contributed by atoms with Crippen molar-refractivity contribution >= 4 is 10.0 Å². The van der Waals surface area contributed by atoms with E-state index < -0.39 is 34.6 Å². The van der Waals surface area contributed by atoms with Gasteiger partial charge in [-0.15, -0.1) is 0 Å². The minimum atomic E-state index is -3.48. The van der Waals surface area contributed by atoms with Crippen molar-refractivity contribution in [3.05, 3.63) is 108 Å². The molecular formula is C29H35NO6S. The molecule has 4 rings (SSSR count). The molecule has 0 radical (unpaired) electrons. The maximum atomic E-state index is 12.4. The average Bonchev–Trinajstić information content (AvgIpc) is 2.93. The van der Waals surface area contributed by atoms with Crippen LogP contribution in [0.2, 0.25) is 0 Å². The number of hydrogen-bond acceptors (Lipinski definition) is 6. The molecule has 0 spiro atoms. The molecule has 1 aliphatic heterocycles. The van der Waals surface area contributed by atoms with Crippen LogP contribution in [0.15, 0.2) is 91.0 Å². The van der Waals surface area contributed by atoms with E-state index in [0.29, 0.717) is 26.2 Å². The molecule has 1 saturated heterocycles. The first-order chi connectivity index (χ1) is 18.0. The van der Waals surface area contributed by atoms with Crippen molar-refractivity contribution in [3.8, 4) is 0 Å². The van der Waals surface area contributed by atoms with E-state index >= 15 is 0 Å². The average molecular weight is 526 g/mol. The number of nitrogens with one attached hydrogen (secondary N) is 1. The lowest BCUT2D eigenvalue weighted by molar-refractivity contribution is -0.222. The summed E-state index contributed by atoms with van der Waals surface area (Å²) >= 11 is 0. The summed E-state index contributed by atoms with van der Waals surface area (Å²) in [6, 6.07) is 29.7. The Morgan fingerprint density at radius 2 is 1.30 bits per heavy atom. The molecule has 1 fully saturated rings. The summed E-state index contributed by atoms with van der Waals surface area (Å²) in [7, 11) is -3.48. The van der Waals surface area contributed by atoms with E-state index in [1.54, 1.807) is 6.92 Å². The van der Waals surface area contributed by atoms with Crippen LogP contribution in [0.5, 0.6) is 0 Å². The van der Waals surface area contributed by atoms with Gasteiger partial charge in [-0.2, -0.15) is 4.72 Å². The minimum Gasteiger partial charge on any atom is -0.374 e. The zero-order valence-electron chi connectivity index (χ0n) is 21.1. The van der Waals surface area contributed by atoms with Gasteiger partial charge >= 0.3 is 0 Å². The maximum absolute atomic E-state index is 12.4. The first-order valence-electron chi connectivity index (χ1n) is 12.6. The summed E-state index contributed by atoms with van der Waals surface area (Å²) in [6.07, 6.45) is -1.82. The summed E-state index contributed by atoms with van der Waals surface area (Å²) in [5.41, 5.74) is 3.10. The molecular weight excluding hydrogens is 490 g/mol. The molecule has 8 heteroatoms. The van der Waals surface area contributed by atoms with E-state index in [1.165, 1.54) is 0 Å². The molecule has 0 amide bonds. The molecule has 0 aliphatic carbocycles. The van der Waals surface area contributed by atoms with Crippen molar-refractivity contribution in [1.82, 2.24) is 4.72 Å². The van der Waals surface area contributed by atoms with Crippen LogP contribution >= 0.6 is 0 Å². The summed E-state index contributed by atoms with van der Waals surface area (Å²) in [6.45, 7) is 2.99. The van der Waals surface area contributed by atoms with Crippen molar-refractivity contribution in [2.24, 2.45) is 0 Å². The van der Waals surface area contributed by atoms with Gasteiger partial charge in [-0.1, -0.05) is 91.0 Å². The summed E-state index contributed by atoms with van der Waals surface area (Å²) in [5.74, 6) is -0.0362. The van der Waals surface area contributed by atoms with Gasteiger partial charge in [-0.25, -0.2) is 8.42 Å². The third-order valence-electron chi connectivity index (χ3n) is 6.20. The SMILES string of the molecule is CCS(=O)(=O)N[C@H]1C[C@@H](OCc2ccccc2)[C@@H](OCc2ccccc2)C(COCc2ccccc2)O1. The molecule has 1 aliphatic rings. The van der Waals surface area contributed by atoms with Gasteiger partial charge in [0.2, 0.25) is 10.0 Å². The Morgan fingerprint density at radius 3 is 1.84 bits per heavy atom. The van der Waals surface area contributed by atoms with Gasteiger partial charge in [0.25, 0.3) is 0 Å². The van der Waals surface area contributed by atoms with Gasteiger partial charge in [-0.05, 0) is 23.6 Å². The Kier molecular flexibility index (Phi) is 10.2. The highest BCUT2D eigenvalue weighted by Crippen LogP contribution is 2.27.